The van der Waals surface area contributed by atoms with Crippen LogP contribution in [0.5, 0.6) is 0 Å². The largest absolute Gasteiger partial charge is 0.399 e. The predicted octanol–water partition coefficient (Wildman–Crippen LogP) is 2.08. The molecule has 4 nitrogen and oxygen atoms in total. The van der Waals surface area contributed by atoms with Crippen LogP contribution in [0.4, 0.5) is 14.5 Å². The topological polar surface area (TPSA) is 88.2 Å². The van der Waals surface area contributed by atoms with Gasteiger partial charge in [0.1, 0.15) is 29.3 Å². The summed E-state index contributed by atoms with van der Waals surface area (Å²) >= 11 is 0. The lowest BCUT2D eigenvalue weighted by Crippen LogP contribution is -2.41. The molecule has 0 aromatic heterocycles. The van der Waals surface area contributed by atoms with Crippen LogP contribution in [0, 0.1) is 22.6 Å². The summed E-state index contributed by atoms with van der Waals surface area (Å²) in [5.74, 6) is -0.560. The van der Waals surface area contributed by atoms with Crippen molar-refractivity contribution in [3.63, 3.8) is 0 Å². The summed E-state index contributed by atoms with van der Waals surface area (Å²) in [4.78, 5) is 3.96. The molecule has 6 heteroatoms. The van der Waals surface area contributed by atoms with Gasteiger partial charge in [-0.15, -0.1) is 0 Å². The summed E-state index contributed by atoms with van der Waals surface area (Å²) in [6, 6.07) is 4.80. The Morgan fingerprint density at radius 3 is 2.79 bits per heavy atom. The van der Waals surface area contributed by atoms with Crippen LogP contribution in [0.1, 0.15) is 24.9 Å². The Kier molecular flexibility index (Phi) is 3.14. The SMILES string of the molecule is CC1(C#N)CC(F)C(c2cc(N)ccc2F)N=C1N. The van der Waals surface area contributed by atoms with Crippen molar-refractivity contribution in [3.05, 3.63) is 29.6 Å². The number of rotatable bonds is 1. The standard InChI is InChI=1S/C13H14F2N4/c1-13(6-16)5-10(15)11(19-12(13)18)8-4-7(17)2-3-9(8)14/h2-4,10-11H,5,17H2,1H3,(H2,18,19). The zero-order chi connectivity index (χ0) is 14.2. The van der Waals surface area contributed by atoms with Crippen LogP contribution in [-0.2, 0) is 0 Å². The van der Waals surface area contributed by atoms with Crippen molar-refractivity contribution >= 4 is 11.5 Å². The number of aliphatic imine (C=N–C) groups is 1. The maximum atomic E-state index is 14.2. The number of alkyl halides is 1. The zero-order valence-electron chi connectivity index (χ0n) is 10.4. The van der Waals surface area contributed by atoms with Gasteiger partial charge in [-0.1, -0.05) is 0 Å². The van der Waals surface area contributed by atoms with Gasteiger partial charge in [0.25, 0.3) is 0 Å². The number of nitrogens with two attached hydrogens (primary N) is 2. The van der Waals surface area contributed by atoms with Crippen molar-refractivity contribution in [3.8, 4) is 6.07 Å². The smallest absolute Gasteiger partial charge is 0.129 e. The Morgan fingerprint density at radius 2 is 2.16 bits per heavy atom. The fraction of sp³-hybridized carbons (Fsp3) is 0.385. The third-order valence-electron chi connectivity index (χ3n) is 3.37. The van der Waals surface area contributed by atoms with Crippen molar-refractivity contribution < 1.29 is 8.78 Å². The fourth-order valence-electron chi connectivity index (χ4n) is 2.14. The Hall–Kier alpha value is -2.16. The van der Waals surface area contributed by atoms with Gasteiger partial charge < -0.3 is 11.5 Å². The average Bonchev–Trinajstić information content (AvgIpc) is 2.37. The molecule has 0 saturated heterocycles. The Labute approximate surface area is 109 Å². The van der Waals surface area contributed by atoms with Gasteiger partial charge in [-0.2, -0.15) is 5.26 Å². The fourth-order valence-corrected chi connectivity index (χ4v) is 2.14. The van der Waals surface area contributed by atoms with Crippen LogP contribution in [0.2, 0.25) is 0 Å². The first-order valence-electron chi connectivity index (χ1n) is 5.81. The van der Waals surface area contributed by atoms with Crippen molar-refractivity contribution in [1.82, 2.24) is 0 Å². The van der Waals surface area contributed by atoms with E-state index in [4.69, 9.17) is 16.7 Å². The minimum Gasteiger partial charge on any atom is -0.399 e. The van der Waals surface area contributed by atoms with Crippen LogP contribution in [0.15, 0.2) is 23.2 Å². The molecule has 19 heavy (non-hydrogen) atoms. The molecule has 100 valence electrons. The summed E-state index contributed by atoms with van der Waals surface area (Å²) < 4.78 is 27.9. The van der Waals surface area contributed by atoms with Gasteiger partial charge in [0.15, 0.2) is 0 Å². The van der Waals surface area contributed by atoms with E-state index in [1.807, 2.05) is 6.07 Å². The van der Waals surface area contributed by atoms with E-state index in [1.54, 1.807) is 0 Å². The normalized spacial score (nSPS) is 30.5. The highest BCUT2D eigenvalue weighted by Crippen LogP contribution is 2.39. The lowest BCUT2D eigenvalue weighted by molar-refractivity contribution is 0.217. The number of anilines is 1. The van der Waals surface area contributed by atoms with E-state index >= 15 is 0 Å². The lowest BCUT2D eigenvalue weighted by Gasteiger charge is -2.32. The molecule has 2 rings (SSSR count). The van der Waals surface area contributed by atoms with Crippen LogP contribution in [-0.4, -0.2) is 12.0 Å². The maximum absolute atomic E-state index is 14.2. The molecule has 1 aromatic carbocycles. The highest BCUT2D eigenvalue weighted by Gasteiger charge is 2.41. The third-order valence-corrected chi connectivity index (χ3v) is 3.37. The number of nitrogens with zero attached hydrogens (tertiary/aromatic N) is 2. The number of hydrogen-bond acceptors (Lipinski definition) is 4. The van der Waals surface area contributed by atoms with E-state index < -0.39 is 23.4 Å². The summed E-state index contributed by atoms with van der Waals surface area (Å²) in [7, 11) is 0. The van der Waals surface area contributed by atoms with Crippen LogP contribution < -0.4 is 11.5 Å². The van der Waals surface area contributed by atoms with Gasteiger partial charge in [0.2, 0.25) is 0 Å². The summed E-state index contributed by atoms with van der Waals surface area (Å²) in [6.07, 6.45) is -1.59. The third kappa shape index (κ3) is 2.24. The van der Waals surface area contributed by atoms with Crippen LogP contribution in [0.3, 0.4) is 0 Å². The molecule has 0 saturated carbocycles. The molecule has 1 aliphatic heterocycles. The van der Waals surface area contributed by atoms with Gasteiger partial charge in [-0.05, 0) is 25.1 Å². The van der Waals surface area contributed by atoms with E-state index in [-0.39, 0.29) is 17.8 Å². The summed E-state index contributed by atoms with van der Waals surface area (Å²) in [5, 5.41) is 9.02. The second-order valence-electron chi connectivity index (χ2n) is 4.90. The highest BCUT2D eigenvalue weighted by atomic mass is 19.1. The molecule has 0 bridgehead atoms. The van der Waals surface area contributed by atoms with Gasteiger partial charge in [-0.25, -0.2) is 8.78 Å². The van der Waals surface area contributed by atoms with Crippen LogP contribution >= 0.6 is 0 Å². The molecule has 0 fully saturated rings. The zero-order valence-corrected chi connectivity index (χ0v) is 10.4. The van der Waals surface area contributed by atoms with E-state index in [2.05, 4.69) is 4.99 Å². The summed E-state index contributed by atoms with van der Waals surface area (Å²) in [5.41, 5.74) is 10.5. The predicted molar refractivity (Wildman–Crippen MR) is 68.4 cm³/mol. The van der Waals surface area contributed by atoms with Gasteiger partial charge in [-0.3, -0.25) is 4.99 Å². The highest BCUT2D eigenvalue weighted by molar-refractivity contribution is 5.89. The van der Waals surface area contributed by atoms with Gasteiger partial charge in [0.05, 0.1) is 6.07 Å². The molecule has 0 radical (unpaired) electrons. The monoisotopic (exact) mass is 264 g/mol. The Balaban J connectivity index is 2.47. The number of nitriles is 1. The number of benzene rings is 1. The molecule has 4 N–H and O–H groups in total. The molecule has 1 aliphatic rings. The first kappa shape index (κ1) is 13.3. The second-order valence-corrected chi connectivity index (χ2v) is 4.90. The first-order chi connectivity index (χ1) is 8.87. The molecule has 1 aromatic rings. The lowest BCUT2D eigenvalue weighted by atomic mass is 9.79. The second kappa shape index (κ2) is 4.50. The van der Waals surface area contributed by atoms with E-state index in [9.17, 15) is 8.78 Å². The molecular weight excluding hydrogens is 250 g/mol. The molecule has 0 aliphatic carbocycles. The number of hydrogen-bond donors (Lipinski definition) is 2. The Bertz CT molecular complexity index is 578. The van der Waals surface area contributed by atoms with Crippen molar-refractivity contribution in [2.45, 2.75) is 25.6 Å². The molecule has 0 amide bonds. The first-order valence-corrected chi connectivity index (χ1v) is 5.81. The maximum Gasteiger partial charge on any atom is 0.129 e. The molecule has 0 spiro atoms. The number of amidine groups is 1. The van der Waals surface area contributed by atoms with Crippen molar-refractivity contribution in [2.24, 2.45) is 16.1 Å². The molecule has 3 atom stereocenters. The van der Waals surface area contributed by atoms with Crippen molar-refractivity contribution in [2.75, 3.05) is 5.73 Å². The summed E-state index contributed by atoms with van der Waals surface area (Å²) in [6.45, 7) is 1.52. The minimum absolute atomic E-state index is 0.0238. The Morgan fingerprint density at radius 1 is 1.47 bits per heavy atom. The quantitative estimate of drug-likeness (QED) is 0.761. The van der Waals surface area contributed by atoms with Crippen molar-refractivity contribution in [1.29, 1.82) is 5.26 Å². The molecular formula is C13H14F2N4. The minimum atomic E-state index is -1.48. The van der Waals surface area contributed by atoms with Gasteiger partial charge >= 0.3 is 0 Å². The average molecular weight is 264 g/mol. The van der Waals surface area contributed by atoms with Crippen LogP contribution in [0.25, 0.3) is 0 Å². The van der Waals surface area contributed by atoms with E-state index in [0.29, 0.717) is 5.69 Å². The number of halogens is 2. The molecule has 1 heterocycles. The number of nitrogen functional groups attached to an aromatic ring is 1. The molecule has 3 unspecified atom stereocenters. The van der Waals surface area contributed by atoms with Gasteiger partial charge in [0, 0.05) is 17.7 Å². The van der Waals surface area contributed by atoms with E-state index in [1.165, 1.54) is 25.1 Å². The van der Waals surface area contributed by atoms with E-state index in [0.717, 1.165) is 0 Å².